The Bertz CT molecular complexity index is 669. The number of rotatable bonds is 8. The van der Waals surface area contributed by atoms with Gasteiger partial charge in [0.15, 0.2) is 21.7 Å². The fourth-order valence-electron chi connectivity index (χ4n) is 1.42. The molecule has 0 spiro atoms. The summed E-state index contributed by atoms with van der Waals surface area (Å²) >= 11 is 0. The van der Waals surface area contributed by atoms with E-state index in [-0.39, 0.29) is 10.9 Å². The Hall–Kier alpha value is -0.700. The van der Waals surface area contributed by atoms with Gasteiger partial charge in [-0.2, -0.15) is 39.5 Å². The molecule has 30 heavy (non-hydrogen) atoms. The van der Waals surface area contributed by atoms with E-state index < -0.39 is 33.4 Å². The van der Waals surface area contributed by atoms with Crippen molar-refractivity contribution in [2.45, 2.75) is 75.0 Å². The Balaban J connectivity index is 0. The zero-order valence-electron chi connectivity index (χ0n) is 16.7. The molecule has 0 aromatic rings. The molecule has 0 amide bonds. The van der Waals surface area contributed by atoms with E-state index in [0.717, 1.165) is 25.0 Å². The van der Waals surface area contributed by atoms with E-state index in [1.165, 1.54) is 0 Å². The lowest BCUT2D eigenvalue weighted by Crippen LogP contribution is -2.63. The summed E-state index contributed by atoms with van der Waals surface area (Å²) in [6.07, 6.45) is -2.00. The summed E-state index contributed by atoms with van der Waals surface area (Å²) in [5, 5.41) is -7.11. The summed E-state index contributed by atoms with van der Waals surface area (Å²) in [5.74, 6) is -13.6. The molecular formula is C15H23F9O4S2. The van der Waals surface area contributed by atoms with Crippen LogP contribution in [0, 0.1) is 0 Å². The summed E-state index contributed by atoms with van der Waals surface area (Å²) in [4.78, 5) is 11.5. The highest BCUT2D eigenvalue weighted by atomic mass is 32.2. The third-order valence-corrected chi connectivity index (χ3v) is 7.39. The standard InChI is InChI=1S/C11H23OS.C4HF9O3S/c1-6-7-8-10(12)9-13(5)11(2,3)4;5-1(6,3(9,10)11)2(7,8)4(12,13)17(14,15)16/h6-9H2,1-5H3;(H,14,15,16)/q+1;/p-1. The average molecular weight is 502 g/mol. The predicted molar refractivity (Wildman–Crippen MR) is 93.0 cm³/mol. The van der Waals surface area contributed by atoms with Gasteiger partial charge >= 0.3 is 23.3 Å². The second-order valence-corrected chi connectivity index (χ2v) is 11.4. The van der Waals surface area contributed by atoms with Crippen molar-refractivity contribution in [3.05, 3.63) is 0 Å². The van der Waals surface area contributed by atoms with Crippen LogP contribution in [0.15, 0.2) is 0 Å². The molecule has 0 radical (unpaired) electrons. The van der Waals surface area contributed by atoms with Gasteiger partial charge in [0.25, 0.3) is 0 Å². The zero-order chi connectivity index (χ0) is 25.0. The van der Waals surface area contributed by atoms with Crippen LogP contribution >= 0.6 is 0 Å². The van der Waals surface area contributed by atoms with Gasteiger partial charge in [0.2, 0.25) is 0 Å². The molecule has 0 aromatic heterocycles. The summed E-state index contributed by atoms with van der Waals surface area (Å²) in [7, 11) is -7.19. The zero-order valence-corrected chi connectivity index (χ0v) is 18.3. The highest BCUT2D eigenvalue weighted by Gasteiger charge is 2.83. The second kappa shape index (κ2) is 10.3. The van der Waals surface area contributed by atoms with Crippen LogP contribution in [0.25, 0.3) is 0 Å². The maximum absolute atomic E-state index is 12.2. The number of unbranched alkanes of at least 4 members (excludes halogenated alkanes) is 1. The van der Waals surface area contributed by atoms with Gasteiger partial charge in [-0.05, 0) is 38.1 Å². The van der Waals surface area contributed by atoms with Crippen LogP contribution < -0.4 is 0 Å². The lowest BCUT2D eigenvalue weighted by molar-refractivity contribution is -0.382. The number of ketones is 1. The molecule has 0 aliphatic carbocycles. The minimum absolute atomic E-state index is 0.230. The number of alkyl halides is 9. The number of hydrogen-bond donors (Lipinski definition) is 0. The minimum Gasteiger partial charge on any atom is -0.743 e. The predicted octanol–water partition coefficient (Wildman–Crippen LogP) is 4.75. The minimum atomic E-state index is -7.43. The van der Waals surface area contributed by atoms with Crippen molar-refractivity contribution in [2.24, 2.45) is 0 Å². The van der Waals surface area contributed by atoms with Crippen LogP contribution in [0.3, 0.4) is 0 Å². The molecule has 0 aromatic carbocycles. The number of carbonyl (C=O) groups excluding carboxylic acids is 1. The van der Waals surface area contributed by atoms with E-state index in [9.17, 15) is 57.3 Å². The quantitative estimate of drug-likeness (QED) is 0.273. The second-order valence-electron chi connectivity index (χ2n) is 7.15. The molecule has 1 atom stereocenters. The smallest absolute Gasteiger partial charge is 0.460 e. The van der Waals surface area contributed by atoms with Gasteiger partial charge in [-0.25, -0.2) is 8.42 Å². The van der Waals surface area contributed by atoms with Crippen LogP contribution in [0.5, 0.6) is 0 Å². The number of carbonyl (C=O) groups is 1. The maximum atomic E-state index is 12.2. The first-order chi connectivity index (χ1) is 12.9. The van der Waals surface area contributed by atoms with Crippen LogP contribution in [0.2, 0.25) is 0 Å². The van der Waals surface area contributed by atoms with Gasteiger partial charge in [0, 0.05) is 6.42 Å². The molecule has 0 saturated carbocycles. The summed E-state index contributed by atoms with van der Waals surface area (Å²) in [6.45, 7) is 8.76. The largest absolute Gasteiger partial charge is 0.743 e. The Labute approximate surface area is 171 Å². The van der Waals surface area contributed by atoms with Crippen LogP contribution in [-0.4, -0.2) is 58.8 Å². The van der Waals surface area contributed by atoms with Gasteiger partial charge in [0.1, 0.15) is 4.75 Å². The average Bonchev–Trinajstić information content (AvgIpc) is 2.50. The van der Waals surface area contributed by atoms with Crippen LogP contribution in [-0.2, 0) is 25.8 Å². The van der Waals surface area contributed by atoms with Crippen molar-refractivity contribution in [3.63, 3.8) is 0 Å². The van der Waals surface area contributed by atoms with E-state index in [4.69, 9.17) is 0 Å². The van der Waals surface area contributed by atoms with E-state index >= 15 is 0 Å². The first-order valence-corrected chi connectivity index (χ1v) is 11.4. The van der Waals surface area contributed by atoms with E-state index in [1.807, 2.05) is 0 Å². The van der Waals surface area contributed by atoms with Gasteiger partial charge in [-0.1, -0.05) is 13.3 Å². The van der Waals surface area contributed by atoms with Crippen LogP contribution in [0.4, 0.5) is 39.5 Å². The molecule has 4 nitrogen and oxygen atoms in total. The third kappa shape index (κ3) is 7.77. The lowest BCUT2D eigenvalue weighted by atomic mass is 10.1. The number of halogens is 9. The first-order valence-electron chi connectivity index (χ1n) is 8.17. The van der Waals surface area contributed by atoms with Gasteiger partial charge < -0.3 is 4.55 Å². The molecule has 15 heteroatoms. The molecule has 1 unspecified atom stereocenters. The van der Waals surface area contributed by atoms with Crippen molar-refractivity contribution >= 4 is 26.8 Å². The maximum Gasteiger partial charge on any atom is 0.460 e. The van der Waals surface area contributed by atoms with Crippen molar-refractivity contribution < 1.29 is 57.3 Å². The summed E-state index contributed by atoms with van der Waals surface area (Å²) in [6, 6.07) is 0. The molecule has 0 bridgehead atoms. The molecule has 0 N–H and O–H groups in total. The lowest BCUT2D eigenvalue weighted by Gasteiger charge is -2.34. The normalized spacial score (nSPS) is 15.3. The Morgan fingerprint density at radius 2 is 1.30 bits per heavy atom. The topological polar surface area (TPSA) is 74.3 Å². The van der Waals surface area contributed by atoms with Crippen molar-refractivity contribution in [1.82, 2.24) is 0 Å². The monoisotopic (exact) mass is 502 g/mol. The first kappa shape index (κ1) is 31.5. The van der Waals surface area contributed by atoms with Gasteiger partial charge in [0.05, 0.1) is 6.26 Å². The van der Waals surface area contributed by atoms with Crippen molar-refractivity contribution in [2.75, 3.05) is 12.0 Å². The molecule has 0 aliphatic rings. The Kier molecular flexibility index (Phi) is 10.8. The molecule has 0 fully saturated rings. The SMILES string of the molecule is CCCCC(=O)C[S+](C)C(C)(C)C.O=S(=O)([O-])C(F)(F)C(F)(F)C(F)(F)C(F)(F)F. The van der Waals surface area contributed by atoms with Gasteiger partial charge in [-0.3, -0.25) is 4.79 Å². The van der Waals surface area contributed by atoms with E-state index in [2.05, 4.69) is 34.0 Å². The van der Waals surface area contributed by atoms with Crippen molar-refractivity contribution in [1.29, 1.82) is 0 Å². The molecule has 182 valence electrons. The van der Waals surface area contributed by atoms with E-state index in [1.54, 1.807) is 0 Å². The molecule has 0 aliphatic heterocycles. The number of hydrogen-bond acceptors (Lipinski definition) is 4. The molecule has 0 saturated heterocycles. The van der Waals surface area contributed by atoms with Crippen molar-refractivity contribution in [3.8, 4) is 0 Å². The molecule has 0 heterocycles. The summed E-state index contributed by atoms with van der Waals surface area (Å²) < 4.78 is 136. The third-order valence-electron chi connectivity index (χ3n) is 3.66. The highest BCUT2D eigenvalue weighted by molar-refractivity contribution is 7.98. The number of Topliss-reactive ketones (excluding diaryl/α,β-unsaturated/α-hetero) is 1. The fraction of sp³-hybridized carbons (Fsp3) is 0.933. The van der Waals surface area contributed by atoms with Gasteiger partial charge in [-0.15, -0.1) is 0 Å². The Morgan fingerprint density at radius 1 is 0.900 bits per heavy atom. The Morgan fingerprint density at radius 3 is 1.57 bits per heavy atom. The highest BCUT2D eigenvalue weighted by Crippen LogP contribution is 2.54. The van der Waals surface area contributed by atoms with Crippen LogP contribution in [0.1, 0.15) is 47.0 Å². The molecular weight excluding hydrogens is 479 g/mol. The fourth-order valence-corrected chi connectivity index (χ4v) is 2.92. The van der Waals surface area contributed by atoms with E-state index in [0.29, 0.717) is 10.5 Å². The summed E-state index contributed by atoms with van der Waals surface area (Å²) in [5.41, 5.74) is 0. The molecule has 0 rings (SSSR count).